The van der Waals surface area contributed by atoms with Gasteiger partial charge in [-0.15, -0.1) is 24.0 Å². The van der Waals surface area contributed by atoms with Crippen LogP contribution in [-0.2, 0) is 4.74 Å². The fraction of sp³-hybridized carbons (Fsp3) is 0.647. The van der Waals surface area contributed by atoms with Crippen molar-refractivity contribution >= 4 is 36.0 Å². The van der Waals surface area contributed by atoms with E-state index in [1.807, 2.05) is 27.7 Å². The summed E-state index contributed by atoms with van der Waals surface area (Å²) >= 11 is 0. The molecule has 8 nitrogen and oxygen atoms in total. The fourth-order valence-electron chi connectivity index (χ4n) is 1.89. The van der Waals surface area contributed by atoms with Gasteiger partial charge >= 0.3 is 6.09 Å². The number of furan rings is 1. The molecular formula is C17H31IN4O4. The number of aliphatic hydroxyl groups excluding tert-OH is 1. The highest BCUT2D eigenvalue weighted by Gasteiger charge is 2.15. The van der Waals surface area contributed by atoms with Crippen molar-refractivity contribution in [3.05, 3.63) is 24.2 Å². The lowest BCUT2D eigenvalue weighted by atomic mass is 10.2. The van der Waals surface area contributed by atoms with Gasteiger partial charge in [0.05, 0.1) is 12.8 Å². The standard InChI is InChI=1S/C17H30N4O4.HI/c1-5-18-15(21-12-13(22)14-8-6-11-24-14)19-9-7-10-20-16(23)25-17(2,3)4;/h6,8,11,13,22H,5,7,9-10,12H2,1-4H3,(H,20,23)(H2,18,19,21);1H. The fourth-order valence-corrected chi connectivity index (χ4v) is 1.89. The van der Waals surface area contributed by atoms with Crippen LogP contribution in [0.25, 0.3) is 0 Å². The van der Waals surface area contributed by atoms with Crippen molar-refractivity contribution in [2.75, 3.05) is 26.2 Å². The predicted molar refractivity (Wildman–Crippen MR) is 112 cm³/mol. The van der Waals surface area contributed by atoms with Crippen LogP contribution in [0.5, 0.6) is 0 Å². The molecular weight excluding hydrogens is 451 g/mol. The minimum Gasteiger partial charge on any atom is -0.467 e. The summed E-state index contributed by atoms with van der Waals surface area (Å²) in [4.78, 5) is 15.8. The van der Waals surface area contributed by atoms with Crippen molar-refractivity contribution in [3.63, 3.8) is 0 Å². The molecule has 0 fully saturated rings. The lowest BCUT2D eigenvalue weighted by Gasteiger charge is -2.19. The molecule has 1 aromatic heterocycles. The summed E-state index contributed by atoms with van der Waals surface area (Å²) in [5.74, 6) is 1.09. The summed E-state index contributed by atoms with van der Waals surface area (Å²) in [5, 5.41) is 18.9. The van der Waals surface area contributed by atoms with Crippen LogP contribution < -0.4 is 16.0 Å². The number of hydrogen-bond donors (Lipinski definition) is 4. The van der Waals surface area contributed by atoms with Gasteiger partial charge in [-0.1, -0.05) is 0 Å². The average molecular weight is 482 g/mol. The molecule has 150 valence electrons. The molecule has 0 saturated carbocycles. The van der Waals surface area contributed by atoms with Crippen LogP contribution in [0.3, 0.4) is 0 Å². The summed E-state index contributed by atoms with van der Waals surface area (Å²) in [6, 6.07) is 3.44. The SMILES string of the molecule is CCNC(=NCC(O)c1ccco1)NCCCNC(=O)OC(C)(C)C.I. The number of ether oxygens (including phenoxy) is 1. The first-order valence-corrected chi connectivity index (χ1v) is 8.52. The first-order valence-electron chi connectivity index (χ1n) is 8.52. The smallest absolute Gasteiger partial charge is 0.407 e. The Kier molecular flexibility index (Phi) is 12.1. The number of aliphatic imine (C=N–C) groups is 1. The Morgan fingerprint density at radius 2 is 2.00 bits per heavy atom. The van der Waals surface area contributed by atoms with Gasteiger partial charge in [-0.25, -0.2) is 4.79 Å². The zero-order chi connectivity index (χ0) is 18.7. The van der Waals surface area contributed by atoms with Gasteiger partial charge in [-0.3, -0.25) is 4.99 Å². The largest absolute Gasteiger partial charge is 0.467 e. The molecule has 0 bridgehead atoms. The summed E-state index contributed by atoms with van der Waals surface area (Å²) in [5.41, 5.74) is -0.498. The topological polar surface area (TPSA) is 108 Å². The third-order valence-electron chi connectivity index (χ3n) is 2.95. The molecule has 0 aromatic carbocycles. The van der Waals surface area contributed by atoms with Crippen LogP contribution in [0.4, 0.5) is 4.79 Å². The summed E-state index contributed by atoms with van der Waals surface area (Å²) in [6.45, 7) is 9.45. The molecule has 26 heavy (non-hydrogen) atoms. The first-order chi connectivity index (χ1) is 11.8. The maximum atomic E-state index is 11.5. The number of guanidine groups is 1. The average Bonchev–Trinajstić information content (AvgIpc) is 3.04. The Bertz CT molecular complexity index is 529. The first kappa shape index (κ1) is 24.5. The lowest BCUT2D eigenvalue weighted by molar-refractivity contribution is 0.0527. The number of rotatable bonds is 8. The van der Waals surface area contributed by atoms with Crippen LogP contribution in [0.2, 0.25) is 0 Å². The molecule has 1 atom stereocenters. The van der Waals surface area contributed by atoms with Gasteiger partial charge in [0.25, 0.3) is 0 Å². The van der Waals surface area contributed by atoms with Crippen LogP contribution in [0.15, 0.2) is 27.8 Å². The molecule has 1 unspecified atom stereocenters. The zero-order valence-electron chi connectivity index (χ0n) is 15.9. The maximum absolute atomic E-state index is 11.5. The highest BCUT2D eigenvalue weighted by atomic mass is 127. The number of carbonyl (C=O) groups is 1. The maximum Gasteiger partial charge on any atom is 0.407 e. The number of amides is 1. The Labute approximate surface area is 172 Å². The van der Waals surface area contributed by atoms with Crippen LogP contribution in [0.1, 0.15) is 46.0 Å². The number of nitrogens with zero attached hydrogens (tertiary/aromatic N) is 1. The molecule has 1 heterocycles. The summed E-state index contributed by atoms with van der Waals surface area (Å²) in [6.07, 6.45) is 1.03. The van der Waals surface area contributed by atoms with E-state index in [2.05, 4.69) is 20.9 Å². The van der Waals surface area contributed by atoms with Crippen LogP contribution in [-0.4, -0.2) is 48.9 Å². The quantitative estimate of drug-likeness (QED) is 0.196. The third kappa shape index (κ3) is 11.2. The molecule has 0 aliphatic carbocycles. The van der Waals surface area contributed by atoms with Crippen molar-refractivity contribution < 1.29 is 19.1 Å². The number of alkyl carbamates (subject to hydrolysis) is 1. The van der Waals surface area contributed by atoms with Crippen molar-refractivity contribution in [2.45, 2.75) is 45.8 Å². The number of carbonyl (C=O) groups excluding carboxylic acids is 1. The molecule has 1 amide bonds. The molecule has 0 aliphatic heterocycles. The number of aliphatic hydroxyl groups is 1. The Balaban J connectivity index is 0.00000625. The second-order valence-corrected chi connectivity index (χ2v) is 6.46. The second kappa shape index (κ2) is 12.8. The minimum atomic E-state index is -0.778. The number of halogens is 1. The highest BCUT2D eigenvalue weighted by molar-refractivity contribution is 14.0. The summed E-state index contributed by atoms with van der Waals surface area (Å²) < 4.78 is 10.3. The normalized spacial score (nSPS) is 12.7. The summed E-state index contributed by atoms with van der Waals surface area (Å²) in [7, 11) is 0. The Hall–Kier alpha value is -1.49. The van der Waals surface area contributed by atoms with Crippen molar-refractivity contribution in [1.29, 1.82) is 0 Å². The van der Waals surface area contributed by atoms with Crippen LogP contribution in [0, 0.1) is 0 Å². The Morgan fingerprint density at radius 3 is 2.58 bits per heavy atom. The molecule has 0 aliphatic rings. The van der Waals surface area contributed by atoms with Gasteiger partial charge in [-0.2, -0.15) is 0 Å². The van der Waals surface area contributed by atoms with E-state index in [0.29, 0.717) is 37.8 Å². The molecule has 9 heteroatoms. The molecule has 0 radical (unpaired) electrons. The molecule has 0 spiro atoms. The molecule has 1 rings (SSSR count). The monoisotopic (exact) mass is 482 g/mol. The van der Waals surface area contributed by atoms with E-state index < -0.39 is 17.8 Å². The van der Waals surface area contributed by atoms with E-state index in [0.717, 1.165) is 0 Å². The lowest BCUT2D eigenvalue weighted by Crippen LogP contribution is -2.39. The van der Waals surface area contributed by atoms with E-state index in [4.69, 9.17) is 9.15 Å². The van der Waals surface area contributed by atoms with Gasteiger partial charge in [0.1, 0.15) is 17.5 Å². The third-order valence-corrected chi connectivity index (χ3v) is 2.95. The minimum absolute atomic E-state index is 0. The zero-order valence-corrected chi connectivity index (χ0v) is 18.2. The number of nitrogens with one attached hydrogen (secondary N) is 3. The van der Waals surface area contributed by atoms with Gasteiger partial charge in [-0.05, 0) is 46.2 Å². The van der Waals surface area contributed by atoms with Gasteiger partial charge in [0.15, 0.2) is 5.96 Å². The van der Waals surface area contributed by atoms with Crippen molar-refractivity contribution in [2.24, 2.45) is 4.99 Å². The van der Waals surface area contributed by atoms with E-state index in [9.17, 15) is 9.90 Å². The van der Waals surface area contributed by atoms with Crippen molar-refractivity contribution in [3.8, 4) is 0 Å². The van der Waals surface area contributed by atoms with E-state index in [1.54, 1.807) is 12.1 Å². The van der Waals surface area contributed by atoms with Gasteiger partial charge in [0, 0.05) is 19.6 Å². The Morgan fingerprint density at radius 1 is 1.31 bits per heavy atom. The predicted octanol–water partition coefficient (Wildman–Crippen LogP) is 2.40. The van der Waals surface area contributed by atoms with E-state index in [1.165, 1.54) is 6.26 Å². The van der Waals surface area contributed by atoms with E-state index >= 15 is 0 Å². The molecule has 1 aromatic rings. The second-order valence-electron chi connectivity index (χ2n) is 6.46. The molecule has 4 N–H and O–H groups in total. The van der Waals surface area contributed by atoms with E-state index in [-0.39, 0.29) is 30.5 Å². The van der Waals surface area contributed by atoms with Crippen LogP contribution >= 0.6 is 24.0 Å². The van der Waals surface area contributed by atoms with Crippen molar-refractivity contribution in [1.82, 2.24) is 16.0 Å². The highest BCUT2D eigenvalue weighted by Crippen LogP contribution is 2.12. The molecule has 0 saturated heterocycles. The van der Waals surface area contributed by atoms with Gasteiger partial charge in [0.2, 0.25) is 0 Å². The number of hydrogen-bond acceptors (Lipinski definition) is 5. The van der Waals surface area contributed by atoms with Gasteiger partial charge < -0.3 is 30.2 Å².